The van der Waals surface area contributed by atoms with E-state index >= 15 is 0 Å². The largest absolute Gasteiger partial charge is 0.304 e. The maximum Gasteiger partial charge on any atom is 0.129 e. The van der Waals surface area contributed by atoms with Gasteiger partial charge in [-0.3, -0.25) is 4.90 Å². The average Bonchev–Trinajstić information content (AvgIpc) is 2.27. The number of rotatable bonds is 2. The van der Waals surface area contributed by atoms with E-state index < -0.39 is 0 Å². The van der Waals surface area contributed by atoms with Crippen LogP contribution in [0.5, 0.6) is 0 Å². The molecule has 0 spiro atoms. The van der Waals surface area contributed by atoms with E-state index in [-0.39, 0.29) is 0 Å². The van der Waals surface area contributed by atoms with Crippen molar-refractivity contribution in [1.29, 1.82) is 0 Å². The number of halogens is 2. The van der Waals surface area contributed by atoms with E-state index in [1.807, 2.05) is 6.07 Å². The van der Waals surface area contributed by atoms with Crippen LogP contribution >= 0.6 is 23.2 Å². The minimum absolute atomic E-state index is 0.508. The van der Waals surface area contributed by atoms with Crippen LogP contribution < -0.4 is 0 Å². The van der Waals surface area contributed by atoms with Crippen molar-refractivity contribution < 1.29 is 0 Å². The molecule has 16 heavy (non-hydrogen) atoms. The van der Waals surface area contributed by atoms with E-state index in [0.29, 0.717) is 10.2 Å². The molecule has 0 amide bonds. The molecule has 2 heterocycles. The Morgan fingerprint density at radius 3 is 2.56 bits per heavy atom. The molecule has 0 bridgehead atoms. The van der Waals surface area contributed by atoms with Gasteiger partial charge in [-0.2, -0.15) is 0 Å². The van der Waals surface area contributed by atoms with Crippen molar-refractivity contribution in [1.82, 2.24) is 14.8 Å². The lowest BCUT2D eigenvalue weighted by Gasteiger charge is -2.32. The Morgan fingerprint density at radius 2 is 1.88 bits per heavy atom. The third-order valence-corrected chi connectivity index (χ3v) is 3.41. The second-order valence-corrected chi connectivity index (χ2v) is 4.94. The molecular formula is C11H15Cl2N3. The highest BCUT2D eigenvalue weighted by Crippen LogP contribution is 2.18. The molecule has 1 aromatic heterocycles. The normalized spacial score (nSPS) is 18.9. The zero-order valence-corrected chi connectivity index (χ0v) is 10.8. The first-order valence-electron chi connectivity index (χ1n) is 5.37. The highest BCUT2D eigenvalue weighted by Gasteiger charge is 2.15. The Kier molecular flexibility index (Phi) is 4.03. The summed E-state index contributed by atoms with van der Waals surface area (Å²) in [6, 6.07) is 3.53. The molecule has 1 aliphatic rings. The van der Waals surface area contributed by atoms with E-state index in [1.54, 1.807) is 6.07 Å². The number of piperazine rings is 1. The lowest BCUT2D eigenvalue weighted by atomic mass is 10.3. The fourth-order valence-electron chi connectivity index (χ4n) is 1.79. The molecule has 2 rings (SSSR count). The molecule has 0 aliphatic carbocycles. The summed E-state index contributed by atoms with van der Waals surface area (Å²) in [6.07, 6.45) is 0. The highest BCUT2D eigenvalue weighted by molar-refractivity contribution is 6.32. The van der Waals surface area contributed by atoms with Gasteiger partial charge in [0.05, 0.1) is 10.7 Å². The third kappa shape index (κ3) is 3.08. The van der Waals surface area contributed by atoms with Gasteiger partial charge in [0.2, 0.25) is 0 Å². The van der Waals surface area contributed by atoms with Crippen LogP contribution in [0.15, 0.2) is 12.1 Å². The predicted octanol–water partition coefficient (Wildman–Crippen LogP) is 2.14. The Bertz CT molecular complexity index is 362. The van der Waals surface area contributed by atoms with E-state index in [2.05, 4.69) is 21.8 Å². The zero-order chi connectivity index (χ0) is 11.5. The number of hydrogen-bond acceptors (Lipinski definition) is 3. The number of aromatic nitrogens is 1. The maximum atomic E-state index is 6.09. The van der Waals surface area contributed by atoms with Gasteiger partial charge in [0, 0.05) is 32.7 Å². The van der Waals surface area contributed by atoms with E-state index in [4.69, 9.17) is 23.2 Å². The van der Waals surface area contributed by atoms with Crippen LogP contribution in [0.2, 0.25) is 10.2 Å². The van der Waals surface area contributed by atoms with Crippen LogP contribution in [-0.2, 0) is 6.54 Å². The van der Waals surface area contributed by atoms with E-state index in [0.717, 1.165) is 38.4 Å². The van der Waals surface area contributed by atoms with Crippen molar-refractivity contribution in [3.05, 3.63) is 28.0 Å². The van der Waals surface area contributed by atoms with Gasteiger partial charge in [-0.1, -0.05) is 23.2 Å². The molecule has 0 radical (unpaired) electrons. The van der Waals surface area contributed by atoms with Crippen molar-refractivity contribution in [2.24, 2.45) is 0 Å². The molecule has 0 N–H and O–H groups in total. The van der Waals surface area contributed by atoms with Gasteiger partial charge in [-0.05, 0) is 19.2 Å². The summed E-state index contributed by atoms with van der Waals surface area (Å²) in [5.74, 6) is 0. The van der Waals surface area contributed by atoms with Gasteiger partial charge in [-0.25, -0.2) is 4.98 Å². The molecule has 1 saturated heterocycles. The Labute approximate surface area is 106 Å². The number of hydrogen-bond donors (Lipinski definition) is 0. The van der Waals surface area contributed by atoms with Gasteiger partial charge in [0.1, 0.15) is 5.15 Å². The first-order valence-corrected chi connectivity index (χ1v) is 6.12. The molecule has 88 valence electrons. The summed E-state index contributed by atoms with van der Waals surface area (Å²) in [6.45, 7) is 5.09. The van der Waals surface area contributed by atoms with Gasteiger partial charge in [0.15, 0.2) is 0 Å². The van der Waals surface area contributed by atoms with Crippen molar-refractivity contribution >= 4 is 23.2 Å². The fraction of sp³-hybridized carbons (Fsp3) is 0.545. The van der Waals surface area contributed by atoms with Gasteiger partial charge >= 0.3 is 0 Å². The summed E-state index contributed by atoms with van der Waals surface area (Å²) < 4.78 is 0. The SMILES string of the molecule is CN1CCN(Cc2nc(Cl)ccc2Cl)CC1. The number of likely N-dealkylation sites (N-methyl/N-ethyl adjacent to an activating group) is 1. The van der Waals surface area contributed by atoms with Crippen LogP contribution in [0.4, 0.5) is 0 Å². The average molecular weight is 260 g/mol. The molecular weight excluding hydrogens is 245 g/mol. The van der Waals surface area contributed by atoms with Crippen LogP contribution in [0.25, 0.3) is 0 Å². The van der Waals surface area contributed by atoms with Crippen LogP contribution in [0.1, 0.15) is 5.69 Å². The molecule has 0 atom stereocenters. The smallest absolute Gasteiger partial charge is 0.129 e. The van der Waals surface area contributed by atoms with Crippen LogP contribution in [0, 0.1) is 0 Å². The first-order chi connectivity index (χ1) is 7.65. The standard InChI is InChI=1S/C11H15Cl2N3/c1-15-4-6-16(7-5-15)8-10-9(12)2-3-11(13)14-10/h2-3H,4-8H2,1H3. The van der Waals surface area contributed by atoms with Crippen molar-refractivity contribution in [3.63, 3.8) is 0 Å². The fourth-order valence-corrected chi connectivity index (χ4v) is 2.12. The van der Waals surface area contributed by atoms with Gasteiger partial charge < -0.3 is 4.90 Å². The van der Waals surface area contributed by atoms with Crippen molar-refractivity contribution in [3.8, 4) is 0 Å². The minimum atomic E-state index is 0.508. The summed E-state index contributed by atoms with van der Waals surface area (Å²) in [5.41, 5.74) is 0.874. The van der Waals surface area contributed by atoms with Crippen molar-refractivity contribution in [2.45, 2.75) is 6.54 Å². The molecule has 1 aromatic rings. The summed E-state index contributed by atoms with van der Waals surface area (Å²) in [4.78, 5) is 8.94. The highest BCUT2D eigenvalue weighted by atomic mass is 35.5. The van der Waals surface area contributed by atoms with Gasteiger partial charge in [0.25, 0.3) is 0 Å². The summed E-state index contributed by atoms with van der Waals surface area (Å²) >= 11 is 11.9. The molecule has 0 unspecified atom stereocenters. The monoisotopic (exact) mass is 259 g/mol. The van der Waals surface area contributed by atoms with E-state index in [1.165, 1.54) is 0 Å². The Hall–Kier alpha value is -0.350. The quantitative estimate of drug-likeness (QED) is 0.759. The lowest BCUT2D eigenvalue weighted by molar-refractivity contribution is 0.147. The number of nitrogens with zero attached hydrogens (tertiary/aromatic N) is 3. The molecule has 0 aromatic carbocycles. The Morgan fingerprint density at radius 1 is 1.19 bits per heavy atom. The van der Waals surface area contributed by atoms with Crippen LogP contribution in [0.3, 0.4) is 0 Å². The summed E-state index contributed by atoms with van der Waals surface area (Å²) in [5, 5.41) is 1.21. The zero-order valence-electron chi connectivity index (χ0n) is 9.29. The minimum Gasteiger partial charge on any atom is -0.304 e. The second kappa shape index (κ2) is 5.32. The van der Waals surface area contributed by atoms with E-state index in [9.17, 15) is 0 Å². The Balaban J connectivity index is 2.00. The second-order valence-electron chi connectivity index (χ2n) is 4.14. The molecule has 0 saturated carbocycles. The number of pyridine rings is 1. The van der Waals surface area contributed by atoms with Crippen molar-refractivity contribution in [2.75, 3.05) is 33.2 Å². The van der Waals surface area contributed by atoms with Gasteiger partial charge in [-0.15, -0.1) is 0 Å². The third-order valence-electron chi connectivity index (χ3n) is 2.85. The molecule has 3 nitrogen and oxygen atoms in total. The first kappa shape index (κ1) is 12.1. The molecule has 5 heteroatoms. The maximum absolute atomic E-state index is 6.09. The topological polar surface area (TPSA) is 19.4 Å². The predicted molar refractivity (Wildman–Crippen MR) is 67.0 cm³/mol. The lowest BCUT2D eigenvalue weighted by Crippen LogP contribution is -2.44. The van der Waals surface area contributed by atoms with Crippen LogP contribution in [-0.4, -0.2) is 48.0 Å². The summed E-state index contributed by atoms with van der Waals surface area (Å²) in [7, 11) is 2.14. The molecule has 1 fully saturated rings. The molecule has 1 aliphatic heterocycles.